The summed E-state index contributed by atoms with van der Waals surface area (Å²) in [7, 11) is 0. The van der Waals surface area contributed by atoms with Gasteiger partial charge >= 0.3 is 6.09 Å². The first-order valence-electron chi connectivity index (χ1n) is 8.99. The summed E-state index contributed by atoms with van der Waals surface area (Å²) in [6.07, 6.45) is 5.40. The SMILES string of the molecule is CC(C)C1COC(=O)N1c1cncc(C2CCN(C(C)C)CC2)n1. The van der Waals surface area contributed by atoms with Crippen LogP contribution in [0.25, 0.3) is 0 Å². The quantitative estimate of drug-likeness (QED) is 0.848. The van der Waals surface area contributed by atoms with Gasteiger partial charge in [-0.3, -0.25) is 9.88 Å². The molecule has 1 aromatic heterocycles. The maximum atomic E-state index is 12.1. The number of aromatic nitrogens is 2. The van der Waals surface area contributed by atoms with Gasteiger partial charge in [0, 0.05) is 18.2 Å². The molecular weight excluding hydrogens is 304 g/mol. The normalized spacial score (nSPS) is 23.3. The van der Waals surface area contributed by atoms with Gasteiger partial charge in [0.15, 0.2) is 5.82 Å². The van der Waals surface area contributed by atoms with E-state index < -0.39 is 0 Å². The van der Waals surface area contributed by atoms with E-state index in [0.29, 0.717) is 30.3 Å². The number of hydrogen-bond acceptors (Lipinski definition) is 5. The Hall–Kier alpha value is -1.69. The van der Waals surface area contributed by atoms with Crippen LogP contribution < -0.4 is 4.90 Å². The predicted molar refractivity (Wildman–Crippen MR) is 93.2 cm³/mol. The lowest BCUT2D eigenvalue weighted by Crippen LogP contribution is -2.39. The Kier molecular flexibility index (Phi) is 5.04. The number of likely N-dealkylation sites (tertiary alicyclic amines) is 1. The van der Waals surface area contributed by atoms with Gasteiger partial charge in [0.1, 0.15) is 6.61 Å². The number of nitrogens with zero attached hydrogens (tertiary/aromatic N) is 4. The van der Waals surface area contributed by atoms with Crippen LogP contribution in [-0.4, -0.2) is 52.7 Å². The topological polar surface area (TPSA) is 58.6 Å². The summed E-state index contributed by atoms with van der Waals surface area (Å²) in [5.41, 5.74) is 0.998. The summed E-state index contributed by atoms with van der Waals surface area (Å²) >= 11 is 0. The van der Waals surface area contributed by atoms with Gasteiger partial charge in [-0.2, -0.15) is 0 Å². The summed E-state index contributed by atoms with van der Waals surface area (Å²) < 4.78 is 5.23. The van der Waals surface area contributed by atoms with E-state index in [2.05, 4.69) is 37.6 Å². The number of cyclic esters (lactones) is 1. The number of carbonyl (C=O) groups is 1. The summed E-state index contributed by atoms with van der Waals surface area (Å²) in [5.74, 6) is 1.36. The molecule has 1 aromatic rings. The molecule has 24 heavy (non-hydrogen) atoms. The van der Waals surface area contributed by atoms with Crippen LogP contribution in [0.5, 0.6) is 0 Å². The van der Waals surface area contributed by atoms with Crippen molar-refractivity contribution in [3.8, 4) is 0 Å². The number of carbonyl (C=O) groups excluding carboxylic acids is 1. The smallest absolute Gasteiger partial charge is 0.415 e. The van der Waals surface area contributed by atoms with E-state index in [-0.39, 0.29) is 12.1 Å². The molecule has 0 spiro atoms. The standard InChI is InChI=1S/C18H28N4O2/c1-12(2)16-11-24-18(23)22(16)17-10-19-9-15(20-17)14-5-7-21(8-6-14)13(3)4/h9-10,12-14,16H,5-8,11H2,1-4H3. The molecule has 2 aliphatic rings. The van der Waals surface area contributed by atoms with Gasteiger partial charge in [-0.1, -0.05) is 13.8 Å². The summed E-state index contributed by atoms with van der Waals surface area (Å²) in [6, 6.07) is 0.624. The molecular formula is C18H28N4O2. The molecule has 6 heteroatoms. The maximum Gasteiger partial charge on any atom is 0.415 e. The Morgan fingerprint density at radius 2 is 1.88 bits per heavy atom. The van der Waals surface area contributed by atoms with Crippen molar-refractivity contribution in [2.45, 2.75) is 58.5 Å². The van der Waals surface area contributed by atoms with Gasteiger partial charge < -0.3 is 9.64 Å². The molecule has 2 aliphatic heterocycles. The molecule has 6 nitrogen and oxygen atoms in total. The van der Waals surface area contributed by atoms with Crippen molar-refractivity contribution in [1.29, 1.82) is 0 Å². The highest BCUT2D eigenvalue weighted by atomic mass is 16.6. The molecule has 0 aromatic carbocycles. The zero-order valence-corrected chi connectivity index (χ0v) is 15.1. The van der Waals surface area contributed by atoms with Crippen LogP contribution in [0.4, 0.5) is 10.6 Å². The zero-order chi connectivity index (χ0) is 17.3. The fraction of sp³-hybridized carbons (Fsp3) is 0.722. The number of ether oxygens (including phenoxy) is 1. The highest BCUT2D eigenvalue weighted by molar-refractivity contribution is 5.89. The largest absolute Gasteiger partial charge is 0.447 e. The van der Waals surface area contributed by atoms with E-state index >= 15 is 0 Å². The van der Waals surface area contributed by atoms with Crippen LogP contribution >= 0.6 is 0 Å². The third kappa shape index (κ3) is 3.38. The lowest BCUT2D eigenvalue weighted by molar-refractivity contribution is 0.170. The number of amides is 1. The van der Waals surface area contributed by atoms with Crippen molar-refractivity contribution in [2.24, 2.45) is 5.92 Å². The summed E-state index contributed by atoms with van der Waals surface area (Å²) in [4.78, 5) is 25.4. The third-order valence-electron chi connectivity index (χ3n) is 5.24. The van der Waals surface area contributed by atoms with E-state index in [1.54, 1.807) is 11.1 Å². The first kappa shape index (κ1) is 17.1. The van der Waals surface area contributed by atoms with Crippen molar-refractivity contribution >= 4 is 11.9 Å². The van der Waals surface area contributed by atoms with E-state index in [0.717, 1.165) is 31.6 Å². The number of anilines is 1. The second-order valence-corrected chi connectivity index (χ2v) is 7.46. The van der Waals surface area contributed by atoms with Gasteiger partial charge in [-0.25, -0.2) is 9.78 Å². The Bertz CT molecular complexity index is 582. The molecule has 132 valence electrons. The molecule has 1 unspecified atom stereocenters. The zero-order valence-electron chi connectivity index (χ0n) is 15.1. The monoisotopic (exact) mass is 332 g/mol. The van der Waals surface area contributed by atoms with Gasteiger partial charge in [0.2, 0.25) is 0 Å². The highest BCUT2D eigenvalue weighted by Gasteiger charge is 2.37. The molecule has 0 aliphatic carbocycles. The van der Waals surface area contributed by atoms with Crippen molar-refractivity contribution < 1.29 is 9.53 Å². The highest BCUT2D eigenvalue weighted by Crippen LogP contribution is 2.30. The van der Waals surface area contributed by atoms with Gasteiger partial charge in [0.05, 0.1) is 17.9 Å². The number of piperidine rings is 1. The second kappa shape index (κ2) is 7.05. The molecule has 2 saturated heterocycles. The molecule has 1 atom stereocenters. The predicted octanol–water partition coefficient (Wildman–Crippen LogP) is 3.05. The Morgan fingerprint density at radius 3 is 2.50 bits per heavy atom. The first-order valence-corrected chi connectivity index (χ1v) is 8.99. The number of rotatable bonds is 4. The molecule has 2 fully saturated rings. The van der Waals surface area contributed by atoms with Crippen LogP contribution in [-0.2, 0) is 4.74 Å². The minimum absolute atomic E-state index is 0.0323. The minimum atomic E-state index is -0.310. The van der Waals surface area contributed by atoms with Gasteiger partial charge in [-0.15, -0.1) is 0 Å². The van der Waals surface area contributed by atoms with E-state index in [1.807, 2.05) is 6.20 Å². The van der Waals surface area contributed by atoms with E-state index in [9.17, 15) is 4.79 Å². The third-order valence-corrected chi connectivity index (χ3v) is 5.24. The molecule has 3 heterocycles. The molecule has 0 saturated carbocycles. The molecule has 0 N–H and O–H groups in total. The van der Waals surface area contributed by atoms with Crippen molar-refractivity contribution in [2.75, 3.05) is 24.6 Å². The Balaban J connectivity index is 1.76. The Labute approximate surface area is 144 Å². The van der Waals surface area contributed by atoms with Crippen LogP contribution in [0, 0.1) is 5.92 Å². The van der Waals surface area contributed by atoms with Gasteiger partial charge in [0.25, 0.3) is 0 Å². The maximum absolute atomic E-state index is 12.1. The second-order valence-electron chi connectivity index (χ2n) is 7.46. The number of hydrogen-bond donors (Lipinski definition) is 0. The fourth-order valence-corrected chi connectivity index (χ4v) is 3.58. The van der Waals surface area contributed by atoms with E-state index in [1.165, 1.54) is 0 Å². The molecule has 0 radical (unpaired) electrons. The van der Waals surface area contributed by atoms with Crippen molar-refractivity contribution in [1.82, 2.24) is 14.9 Å². The Morgan fingerprint density at radius 1 is 1.17 bits per heavy atom. The lowest BCUT2D eigenvalue weighted by atomic mass is 9.93. The fourth-order valence-electron chi connectivity index (χ4n) is 3.58. The summed E-state index contributed by atoms with van der Waals surface area (Å²) in [6.45, 7) is 11.3. The van der Waals surface area contributed by atoms with Crippen LogP contribution in [0.3, 0.4) is 0 Å². The molecule has 3 rings (SSSR count). The molecule has 1 amide bonds. The average Bonchev–Trinajstić information content (AvgIpc) is 2.97. The minimum Gasteiger partial charge on any atom is -0.447 e. The van der Waals surface area contributed by atoms with Crippen LogP contribution in [0.15, 0.2) is 12.4 Å². The van der Waals surface area contributed by atoms with Crippen LogP contribution in [0.2, 0.25) is 0 Å². The van der Waals surface area contributed by atoms with Crippen molar-refractivity contribution in [3.05, 3.63) is 18.1 Å². The van der Waals surface area contributed by atoms with Crippen molar-refractivity contribution in [3.63, 3.8) is 0 Å². The van der Waals surface area contributed by atoms with Crippen LogP contribution in [0.1, 0.15) is 52.1 Å². The lowest BCUT2D eigenvalue weighted by Gasteiger charge is -2.34. The molecule has 0 bridgehead atoms. The first-order chi connectivity index (χ1) is 11.5. The van der Waals surface area contributed by atoms with E-state index in [4.69, 9.17) is 9.72 Å². The van der Waals surface area contributed by atoms with Gasteiger partial charge in [-0.05, 0) is 45.7 Å². The summed E-state index contributed by atoms with van der Waals surface area (Å²) in [5, 5.41) is 0. The average molecular weight is 332 g/mol.